The van der Waals surface area contributed by atoms with Gasteiger partial charge in [-0.1, -0.05) is 12.1 Å². The highest BCUT2D eigenvalue weighted by atomic mass is 35.5. The topological polar surface area (TPSA) is 42.6 Å². The highest BCUT2D eigenvalue weighted by Crippen LogP contribution is 2.27. The SMILES string of the molecule is COc1cc(N(CCCl)CCCl)ccc1C=Nc1ccccc1-n1ccnc1. The molecule has 0 saturated carbocycles. The van der Waals surface area contributed by atoms with Crippen LogP contribution in [0, 0.1) is 0 Å². The molecule has 3 aromatic rings. The predicted molar refractivity (Wildman–Crippen MR) is 117 cm³/mol. The number of alkyl halides is 2. The van der Waals surface area contributed by atoms with Crippen molar-refractivity contribution >= 4 is 40.8 Å². The van der Waals surface area contributed by atoms with Crippen LogP contribution in [0.15, 0.2) is 66.2 Å². The van der Waals surface area contributed by atoms with Crippen LogP contribution in [0.5, 0.6) is 5.75 Å². The van der Waals surface area contributed by atoms with E-state index in [4.69, 9.17) is 27.9 Å². The average molecular weight is 417 g/mol. The second-order valence-corrected chi connectivity index (χ2v) is 6.76. The number of methoxy groups -OCH3 is 1. The van der Waals surface area contributed by atoms with E-state index in [9.17, 15) is 0 Å². The van der Waals surface area contributed by atoms with Crippen LogP contribution in [0.1, 0.15) is 5.56 Å². The molecule has 0 amide bonds. The predicted octanol–water partition coefficient (Wildman–Crippen LogP) is 4.92. The molecule has 0 radical (unpaired) electrons. The number of para-hydroxylation sites is 2. The molecule has 0 aliphatic rings. The van der Waals surface area contributed by atoms with E-state index >= 15 is 0 Å². The number of hydrogen-bond donors (Lipinski definition) is 0. The number of aliphatic imine (C=N–C) groups is 1. The molecule has 28 heavy (non-hydrogen) atoms. The molecular formula is C21H22Cl2N4O. The van der Waals surface area contributed by atoms with E-state index in [1.54, 1.807) is 19.6 Å². The van der Waals surface area contributed by atoms with Gasteiger partial charge in [-0.05, 0) is 24.3 Å². The number of rotatable bonds is 9. The van der Waals surface area contributed by atoms with Crippen LogP contribution in [0.4, 0.5) is 11.4 Å². The lowest BCUT2D eigenvalue weighted by Gasteiger charge is -2.23. The van der Waals surface area contributed by atoms with Crippen LogP contribution < -0.4 is 9.64 Å². The number of ether oxygens (including phenoxy) is 1. The van der Waals surface area contributed by atoms with Crippen molar-refractivity contribution in [3.63, 3.8) is 0 Å². The van der Waals surface area contributed by atoms with Crippen molar-refractivity contribution in [2.75, 3.05) is 36.9 Å². The lowest BCUT2D eigenvalue weighted by molar-refractivity contribution is 0.414. The fourth-order valence-electron chi connectivity index (χ4n) is 2.91. The van der Waals surface area contributed by atoms with E-state index in [0.29, 0.717) is 11.8 Å². The van der Waals surface area contributed by atoms with E-state index in [1.807, 2.05) is 59.4 Å². The molecule has 0 N–H and O–H groups in total. The Bertz CT molecular complexity index is 907. The van der Waals surface area contributed by atoms with Crippen LogP contribution in [0.2, 0.25) is 0 Å². The Morgan fingerprint density at radius 3 is 2.61 bits per heavy atom. The van der Waals surface area contributed by atoms with E-state index < -0.39 is 0 Å². The zero-order valence-electron chi connectivity index (χ0n) is 15.6. The molecule has 3 rings (SSSR count). The van der Waals surface area contributed by atoms with Gasteiger partial charge >= 0.3 is 0 Å². The van der Waals surface area contributed by atoms with Crippen LogP contribution in [-0.4, -0.2) is 47.7 Å². The number of imidazole rings is 1. The second-order valence-electron chi connectivity index (χ2n) is 6.01. The molecule has 7 heteroatoms. The minimum Gasteiger partial charge on any atom is -0.496 e. The number of hydrogen-bond acceptors (Lipinski definition) is 4. The molecule has 0 unspecified atom stereocenters. The summed E-state index contributed by atoms with van der Waals surface area (Å²) in [5, 5.41) is 0. The second kappa shape index (κ2) is 10.2. The molecule has 0 spiro atoms. The summed E-state index contributed by atoms with van der Waals surface area (Å²) in [6, 6.07) is 13.9. The Morgan fingerprint density at radius 2 is 1.93 bits per heavy atom. The Labute approximate surface area is 175 Å². The van der Waals surface area contributed by atoms with E-state index in [2.05, 4.69) is 14.9 Å². The van der Waals surface area contributed by atoms with Gasteiger partial charge in [-0.15, -0.1) is 23.2 Å². The van der Waals surface area contributed by atoms with Crippen molar-refractivity contribution in [1.29, 1.82) is 0 Å². The molecule has 0 aliphatic carbocycles. The number of aromatic nitrogens is 2. The molecular weight excluding hydrogens is 395 g/mol. The van der Waals surface area contributed by atoms with Crippen LogP contribution in [-0.2, 0) is 0 Å². The quantitative estimate of drug-likeness (QED) is 0.367. The van der Waals surface area contributed by atoms with Crippen molar-refractivity contribution in [1.82, 2.24) is 9.55 Å². The highest BCUT2D eigenvalue weighted by molar-refractivity contribution is 6.18. The fourth-order valence-corrected chi connectivity index (χ4v) is 3.32. The first kappa shape index (κ1) is 20.2. The highest BCUT2D eigenvalue weighted by Gasteiger charge is 2.09. The summed E-state index contributed by atoms with van der Waals surface area (Å²) in [6.07, 6.45) is 7.21. The summed E-state index contributed by atoms with van der Waals surface area (Å²) >= 11 is 11.8. The Hall–Kier alpha value is -2.50. The monoisotopic (exact) mass is 416 g/mol. The standard InChI is InChI=1S/C21H22Cl2N4O/c1-28-21-14-18(26(11-8-22)12-9-23)7-6-17(21)15-25-19-4-2-3-5-20(19)27-13-10-24-16-27/h2-7,10,13-16H,8-9,11-12H2,1H3. The zero-order valence-corrected chi connectivity index (χ0v) is 17.1. The summed E-state index contributed by atoms with van der Waals surface area (Å²) in [5.74, 6) is 1.82. The van der Waals surface area contributed by atoms with Crippen molar-refractivity contribution in [2.24, 2.45) is 4.99 Å². The molecule has 146 valence electrons. The maximum atomic E-state index is 5.92. The van der Waals surface area contributed by atoms with Gasteiger partial charge in [0.2, 0.25) is 0 Å². The summed E-state index contributed by atoms with van der Waals surface area (Å²) in [4.78, 5) is 10.9. The van der Waals surface area contributed by atoms with Gasteiger partial charge in [-0.25, -0.2) is 4.98 Å². The molecule has 0 saturated heterocycles. The smallest absolute Gasteiger partial charge is 0.129 e. The lowest BCUT2D eigenvalue weighted by Crippen LogP contribution is -2.27. The van der Waals surface area contributed by atoms with Gasteiger partial charge < -0.3 is 14.2 Å². The number of halogens is 2. The zero-order chi connectivity index (χ0) is 19.8. The van der Waals surface area contributed by atoms with Gasteiger partial charge in [-0.2, -0.15) is 0 Å². The molecule has 0 fully saturated rings. The lowest BCUT2D eigenvalue weighted by atomic mass is 10.1. The molecule has 1 heterocycles. The number of nitrogens with zero attached hydrogens (tertiary/aromatic N) is 4. The van der Waals surface area contributed by atoms with Crippen LogP contribution in [0.3, 0.4) is 0 Å². The summed E-state index contributed by atoms with van der Waals surface area (Å²) in [7, 11) is 1.66. The molecule has 0 atom stereocenters. The van der Waals surface area contributed by atoms with E-state index in [1.165, 1.54) is 0 Å². The molecule has 2 aromatic carbocycles. The third-order valence-corrected chi connectivity index (χ3v) is 4.64. The molecule has 0 bridgehead atoms. The summed E-state index contributed by atoms with van der Waals surface area (Å²) in [5.41, 5.74) is 3.72. The summed E-state index contributed by atoms with van der Waals surface area (Å²) < 4.78 is 7.52. The first-order chi connectivity index (χ1) is 13.8. The Balaban J connectivity index is 1.89. The van der Waals surface area contributed by atoms with Gasteiger partial charge in [0.05, 0.1) is 24.8 Å². The Morgan fingerprint density at radius 1 is 1.14 bits per heavy atom. The van der Waals surface area contributed by atoms with Gasteiger partial charge in [0.1, 0.15) is 5.75 Å². The third-order valence-electron chi connectivity index (χ3n) is 4.30. The van der Waals surface area contributed by atoms with Gasteiger partial charge in [0, 0.05) is 60.8 Å². The Kier molecular flexibility index (Phi) is 7.34. The molecule has 0 aliphatic heterocycles. The van der Waals surface area contributed by atoms with Gasteiger partial charge in [-0.3, -0.25) is 4.99 Å². The maximum absolute atomic E-state index is 5.92. The first-order valence-corrected chi connectivity index (χ1v) is 10.00. The summed E-state index contributed by atoms with van der Waals surface area (Å²) in [6.45, 7) is 1.45. The van der Waals surface area contributed by atoms with Gasteiger partial charge in [0.25, 0.3) is 0 Å². The van der Waals surface area contributed by atoms with Crippen molar-refractivity contribution < 1.29 is 4.74 Å². The minimum absolute atomic E-state index is 0.535. The third kappa shape index (κ3) is 4.86. The van der Waals surface area contributed by atoms with Crippen molar-refractivity contribution in [2.45, 2.75) is 0 Å². The van der Waals surface area contributed by atoms with E-state index in [-0.39, 0.29) is 0 Å². The van der Waals surface area contributed by atoms with E-state index in [0.717, 1.165) is 41.5 Å². The van der Waals surface area contributed by atoms with Crippen LogP contribution >= 0.6 is 23.2 Å². The number of benzene rings is 2. The normalized spacial score (nSPS) is 11.1. The van der Waals surface area contributed by atoms with Crippen molar-refractivity contribution in [3.05, 3.63) is 66.7 Å². The number of anilines is 1. The largest absolute Gasteiger partial charge is 0.496 e. The average Bonchev–Trinajstić information content (AvgIpc) is 3.27. The molecule has 5 nitrogen and oxygen atoms in total. The van der Waals surface area contributed by atoms with Gasteiger partial charge in [0.15, 0.2) is 0 Å². The maximum Gasteiger partial charge on any atom is 0.129 e. The minimum atomic E-state index is 0.535. The first-order valence-electron chi connectivity index (χ1n) is 8.93. The van der Waals surface area contributed by atoms with Crippen LogP contribution in [0.25, 0.3) is 5.69 Å². The fraction of sp³-hybridized carbons (Fsp3) is 0.238. The van der Waals surface area contributed by atoms with Crippen molar-refractivity contribution in [3.8, 4) is 11.4 Å². The molecule has 1 aromatic heterocycles.